The number of fused-ring (bicyclic) bond motifs is 1. The maximum atomic E-state index is 4.41. The largest absolute Gasteiger partial charge is 0.344 e. The minimum atomic E-state index is 0.964. The Morgan fingerprint density at radius 2 is 1.77 bits per heavy atom. The Hall–Kier alpha value is -2.55. The molecule has 0 radical (unpaired) electrons. The number of para-hydroxylation sites is 1. The standard InChI is InChI=1S/C19H21N3/c1-4-22-15(3)18(17-7-5-6-8-19(17)22)13-20-21-16-11-9-14(2)10-12-16/h5-13,21H,4H2,1-3H3/b20-13+. The maximum Gasteiger partial charge on any atom is 0.0569 e. The SMILES string of the molecule is CCn1c(C)c(/C=N/Nc2ccc(C)cc2)c2ccccc21. The van der Waals surface area contributed by atoms with E-state index in [4.69, 9.17) is 0 Å². The molecule has 3 aromatic rings. The predicted molar refractivity (Wildman–Crippen MR) is 94.7 cm³/mol. The molecule has 0 aliphatic carbocycles. The molecular weight excluding hydrogens is 270 g/mol. The Kier molecular flexibility index (Phi) is 3.96. The highest BCUT2D eigenvalue weighted by atomic mass is 15.3. The fourth-order valence-corrected chi connectivity index (χ4v) is 2.83. The molecule has 1 aromatic heterocycles. The molecule has 0 aliphatic heterocycles. The van der Waals surface area contributed by atoms with Gasteiger partial charge in [-0.2, -0.15) is 5.10 Å². The van der Waals surface area contributed by atoms with E-state index in [1.807, 2.05) is 18.3 Å². The molecule has 0 fully saturated rings. The zero-order valence-electron chi connectivity index (χ0n) is 13.3. The summed E-state index contributed by atoms with van der Waals surface area (Å²) in [6.07, 6.45) is 1.92. The summed E-state index contributed by atoms with van der Waals surface area (Å²) in [5.41, 5.74) is 9.03. The lowest BCUT2D eigenvalue weighted by molar-refractivity contribution is 0.769. The van der Waals surface area contributed by atoms with E-state index in [2.05, 4.69) is 72.3 Å². The van der Waals surface area contributed by atoms with Crippen molar-refractivity contribution in [3.63, 3.8) is 0 Å². The molecule has 1 heterocycles. The minimum Gasteiger partial charge on any atom is -0.344 e. The van der Waals surface area contributed by atoms with E-state index in [0.717, 1.165) is 12.2 Å². The molecule has 3 rings (SSSR count). The first-order valence-corrected chi connectivity index (χ1v) is 7.64. The maximum absolute atomic E-state index is 4.41. The van der Waals surface area contributed by atoms with Crippen LogP contribution in [0.4, 0.5) is 5.69 Å². The molecule has 0 saturated heterocycles. The van der Waals surface area contributed by atoms with E-state index in [0.29, 0.717) is 0 Å². The van der Waals surface area contributed by atoms with Gasteiger partial charge in [-0.15, -0.1) is 0 Å². The lowest BCUT2D eigenvalue weighted by atomic mass is 10.1. The molecule has 112 valence electrons. The fourth-order valence-electron chi connectivity index (χ4n) is 2.83. The van der Waals surface area contributed by atoms with Crippen molar-refractivity contribution in [1.82, 2.24) is 4.57 Å². The second-order valence-electron chi connectivity index (χ2n) is 5.50. The van der Waals surface area contributed by atoms with Crippen molar-refractivity contribution >= 4 is 22.8 Å². The van der Waals surface area contributed by atoms with Crippen LogP contribution >= 0.6 is 0 Å². The van der Waals surface area contributed by atoms with Gasteiger partial charge in [-0.05, 0) is 39.0 Å². The third-order valence-corrected chi connectivity index (χ3v) is 4.03. The smallest absolute Gasteiger partial charge is 0.0569 e. The van der Waals surface area contributed by atoms with Crippen LogP contribution in [-0.4, -0.2) is 10.8 Å². The van der Waals surface area contributed by atoms with Gasteiger partial charge >= 0.3 is 0 Å². The van der Waals surface area contributed by atoms with Crippen molar-refractivity contribution in [3.8, 4) is 0 Å². The molecule has 0 atom stereocenters. The van der Waals surface area contributed by atoms with Gasteiger partial charge in [-0.25, -0.2) is 0 Å². The van der Waals surface area contributed by atoms with Crippen LogP contribution in [0, 0.1) is 13.8 Å². The van der Waals surface area contributed by atoms with Gasteiger partial charge in [0.1, 0.15) is 0 Å². The predicted octanol–water partition coefficient (Wildman–Crippen LogP) is 4.72. The second kappa shape index (κ2) is 6.06. The number of nitrogens with zero attached hydrogens (tertiary/aromatic N) is 2. The van der Waals surface area contributed by atoms with E-state index in [-0.39, 0.29) is 0 Å². The minimum absolute atomic E-state index is 0.964. The third kappa shape index (κ3) is 2.62. The van der Waals surface area contributed by atoms with Crippen LogP contribution in [0.3, 0.4) is 0 Å². The number of hydrazone groups is 1. The summed E-state index contributed by atoms with van der Waals surface area (Å²) in [6, 6.07) is 16.7. The lowest BCUT2D eigenvalue weighted by Crippen LogP contribution is -1.97. The van der Waals surface area contributed by atoms with Crippen molar-refractivity contribution in [3.05, 3.63) is 65.4 Å². The third-order valence-electron chi connectivity index (χ3n) is 4.03. The molecule has 0 amide bonds. The summed E-state index contributed by atoms with van der Waals surface area (Å²) in [7, 11) is 0. The lowest BCUT2D eigenvalue weighted by Gasteiger charge is -2.03. The van der Waals surface area contributed by atoms with Gasteiger partial charge in [0.05, 0.1) is 11.9 Å². The second-order valence-corrected chi connectivity index (χ2v) is 5.50. The average molecular weight is 291 g/mol. The Morgan fingerprint density at radius 1 is 1.05 bits per heavy atom. The van der Waals surface area contributed by atoms with Gasteiger partial charge in [-0.1, -0.05) is 35.9 Å². The van der Waals surface area contributed by atoms with Gasteiger partial charge in [0.15, 0.2) is 0 Å². The van der Waals surface area contributed by atoms with Crippen LogP contribution in [0.2, 0.25) is 0 Å². The van der Waals surface area contributed by atoms with E-state index in [1.165, 1.54) is 27.7 Å². The van der Waals surface area contributed by atoms with Crippen LogP contribution in [-0.2, 0) is 6.54 Å². The summed E-state index contributed by atoms with van der Waals surface area (Å²) in [4.78, 5) is 0. The molecule has 0 bridgehead atoms. The highest BCUT2D eigenvalue weighted by molar-refractivity contribution is 6.01. The molecule has 2 aromatic carbocycles. The Bertz CT molecular complexity index is 811. The molecule has 3 nitrogen and oxygen atoms in total. The monoisotopic (exact) mass is 291 g/mol. The van der Waals surface area contributed by atoms with Crippen LogP contribution in [0.5, 0.6) is 0 Å². The molecule has 3 heteroatoms. The van der Waals surface area contributed by atoms with Crippen molar-refractivity contribution in [2.45, 2.75) is 27.3 Å². The van der Waals surface area contributed by atoms with E-state index in [9.17, 15) is 0 Å². The molecular formula is C19H21N3. The molecule has 0 spiro atoms. The summed E-state index contributed by atoms with van der Waals surface area (Å²) in [6.45, 7) is 7.36. The number of hydrogen-bond acceptors (Lipinski definition) is 2. The summed E-state index contributed by atoms with van der Waals surface area (Å²) >= 11 is 0. The van der Waals surface area contributed by atoms with E-state index >= 15 is 0 Å². The van der Waals surface area contributed by atoms with Gasteiger partial charge in [0.2, 0.25) is 0 Å². The highest BCUT2D eigenvalue weighted by Gasteiger charge is 2.10. The molecule has 0 saturated carbocycles. The summed E-state index contributed by atoms with van der Waals surface area (Å²) < 4.78 is 2.32. The zero-order valence-corrected chi connectivity index (χ0v) is 13.3. The van der Waals surface area contributed by atoms with Crippen molar-refractivity contribution in [1.29, 1.82) is 0 Å². The van der Waals surface area contributed by atoms with E-state index in [1.54, 1.807) is 0 Å². The topological polar surface area (TPSA) is 29.3 Å². The number of aryl methyl sites for hydroxylation is 2. The molecule has 22 heavy (non-hydrogen) atoms. The van der Waals surface area contributed by atoms with Gasteiger partial charge in [-0.3, -0.25) is 5.43 Å². The quantitative estimate of drug-likeness (QED) is 0.547. The Labute approximate surface area is 131 Å². The summed E-state index contributed by atoms with van der Waals surface area (Å²) in [5.74, 6) is 0. The normalized spacial score (nSPS) is 11.4. The Morgan fingerprint density at radius 3 is 2.50 bits per heavy atom. The molecule has 1 N–H and O–H groups in total. The van der Waals surface area contributed by atoms with Crippen molar-refractivity contribution in [2.24, 2.45) is 5.10 Å². The highest BCUT2D eigenvalue weighted by Crippen LogP contribution is 2.24. The first-order valence-electron chi connectivity index (χ1n) is 7.64. The number of aromatic nitrogens is 1. The number of benzene rings is 2. The van der Waals surface area contributed by atoms with Crippen molar-refractivity contribution in [2.75, 3.05) is 5.43 Å². The average Bonchev–Trinajstić information content (AvgIpc) is 2.81. The van der Waals surface area contributed by atoms with Crippen LogP contribution in [0.15, 0.2) is 53.6 Å². The first-order chi connectivity index (χ1) is 10.7. The van der Waals surface area contributed by atoms with E-state index < -0.39 is 0 Å². The van der Waals surface area contributed by atoms with Gasteiger partial charge in [0.25, 0.3) is 0 Å². The fraction of sp³-hybridized carbons (Fsp3) is 0.211. The molecule has 0 unspecified atom stereocenters. The molecule has 0 aliphatic rings. The van der Waals surface area contributed by atoms with Crippen LogP contribution in [0.1, 0.15) is 23.7 Å². The van der Waals surface area contributed by atoms with Crippen molar-refractivity contribution < 1.29 is 0 Å². The zero-order chi connectivity index (χ0) is 15.5. The number of rotatable bonds is 4. The van der Waals surface area contributed by atoms with Gasteiger partial charge in [0, 0.05) is 28.7 Å². The first kappa shape index (κ1) is 14.4. The number of hydrogen-bond donors (Lipinski definition) is 1. The number of nitrogens with one attached hydrogen (secondary N) is 1. The van der Waals surface area contributed by atoms with Crippen LogP contribution in [0.25, 0.3) is 10.9 Å². The summed E-state index contributed by atoms with van der Waals surface area (Å²) in [5, 5.41) is 5.66. The number of anilines is 1. The van der Waals surface area contributed by atoms with Gasteiger partial charge < -0.3 is 4.57 Å². The Balaban J connectivity index is 1.91. The van der Waals surface area contributed by atoms with Crippen LogP contribution < -0.4 is 5.43 Å².